The zero-order valence-corrected chi connectivity index (χ0v) is 9.67. The van der Waals surface area contributed by atoms with Gasteiger partial charge >= 0.3 is 89.0 Å². The van der Waals surface area contributed by atoms with Gasteiger partial charge in [-0.15, -0.1) is 0 Å². The minimum atomic E-state index is -4.78. The molecule has 0 aliphatic rings. The van der Waals surface area contributed by atoms with Crippen molar-refractivity contribution in [1.82, 2.24) is 0 Å². The molecule has 2 aromatic rings. The third kappa shape index (κ3) is 2.07. The van der Waals surface area contributed by atoms with Crippen molar-refractivity contribution in [3.05, 3.63) is 36.4 Å². The number of benzene rings is 2. The van der Waals surface area contributed by atoms with Crippen LogP contribution in [0.1, 0.15) is 0 Å². The van der Waals surface area contributed by atoms with Crippen LogP contribution in [0.4, 0.5) is 5.69 Å². The number of nitrogens with two attached hydrogens (primary N) is 1. The van der Waals surface area contributed by atoms with Gasteiger partial charge < -0.3 is 0 Å². The molecule has 15 heavy (non-hydrogen) atoms. The Kier molecular flexibility index (Phi) is 2.35. The monoisotopic (exact) mass is 267 g/mol. The molecule has 4 N–H and O–H groups in total. The van der Waals surface area contributed by atoms with E-state index in [1.54, 1.807) is 24.3 Å². The van der Waals surface area contributed by atoms with Gasteiger partial charge in [0.2, 0.25) is 0 Å². The summed E-state index contributed by atoms with van der Waals surface area (Å²) in [7, 11) is 0. The van der Waals surface area contributed by atoms with Crippen LogP contribution in [-0.2, 0) is 3.74 Å². The summed E-state index contributed by atoms with van der Waals surface area (Å²) in [6.45, 7) is 0. The molecule has 0 radical (unpaired) electrons. The zero-order valence-electron chi connectivity index (χ0n) is 7.79. The number of hydrogen-bond acceptors (Lipinski definition) is 2. The van der Waals surface area contributed by atoms with Crippen molar-refractivity contribution in [2.45, 2.75) is 0 Å². The van der Waals surface area contributed by atoms with Crippen LogP contribution in [0.3, 0.4) is 0 Å². The van der Waals surface area contributed by atoms with E-state index in [1.807, 2.05) is 0 Å². The summed E-state index contributed by atoms with van der Waals surface area (Å²) in [6, 6.07) is 9.85. The first kappa shape index (κ1) is 10.3. The van der Waals surface area contributed by atoms with Crippen molar-refractivity contribution < 1.29 is 11.9 Å². The maximum absolute atomic E-state index is 11.1. The van der Waals surface area contributed by atoms with Crippen LogP contribution in [-0.4, -0.2) is 22.4 Å². The average Bonchev–Trinajstić information content (AvgIpc) is 2.15. The van der Waals surface area contributed by atoms with Crippen molar-refractivity contribution in [1.29, 1.82) is 0 Å². The van der Waals surface area contributed by atoms with Gasteiger partial charge in [-0.3, -0.25) is 0 Å². The SMILES string of the molecule is Nc1ccc2cc([As](=O)(O)O)ccc2c1. The summed E-state index contributed by atoms with van der Waals surface area (Å²) in [5, 5.41) is 1.66. The number of nitrogen functional groups attached to an aromatic ring is 1. The van der Waals surface area contributed by atoms with E-state index in [1.165, 1.54) is 12.1 Å². The van der Waals surface area contributed by atoms with E-state index in [2.05, 4.69) is 0 Å². The van der Waals surface area contributed by atoms with Gasteiger partial charge in [0.25, 0.3) is 0 Å². The van der Waals surface area contributed by atoms with Gasteiger partial charge in [-0.05, 0) is 0 Å². The first-order chi connectivity index (χ1) is 6.97. The molecule has 0 atom stereocenters. The number of rotatable bonds is 1. The molecule has 78 valence electrons. The Hall–Kier alpha value is -1.22. The molecule has 0 heterocycles. The quantitative estimate of drug-likeness (QED) is 0.501. The summed E-state index contributed by atoms with van der Waals surface area (Å²) in [5.74, 6) is 0. The fourth-order valence-corrected chi connectivity index (χ4v) is 2.64. The average molecular weight is 267 g/mol. The van der Waals surface area contributed by atoms with E-state index in [0.717, 1.165) is 10.8 Å². The molecule has 0 amide bonds. The molecule has 0 aromatic heterocycles. The molecule has 0 bridgehead atoms. The summed E-state index contributed by atoms with van der Waals surface area (Å²) in [6.07, 6.45) is 0. The Morgan fingerprint density at radius 3 is 2.27 bits per heavy atom. The van der Waals surface area contributed by atoms with Gasteiger partial charge in [-0.2, -0.15) is 0 Å². The third-order valence-corrected chi connectivity index (χ3v) is 4.18. The Balaban J connectivity index is 2.67. The van der Waals surface area contributed by atoms with Gasteiger partial charge in [0.1, 0.15) is 0 Å². The number of anilines is 1. The van der Waals surface area contributed by atoms with E-state index in [4.69, 9.17) is 13.9 Å². The predicted molar refractivity (Wildman–Crippen MR) is 58.9 cm³/mol. The third-order valence-electron chi connectivity index (χ3n) is 2.18. The molecule has 2 rings (SSSR count). The van der Waals surface area contributed by atoms with Crippen LogP contribution >= 0.6 is 0 Å². The first-order valence-electron chi connectivity index (χ1n) is 4.32. The second-order valence-electron chi connectivity index (χ2n) is 3.33. The summed E-state index contributed by atoms with van der Waals surface area (Å²) >= 11 is -4.78. The van der Waals surface area contributed by atoms with Gasteiger partial charge in [0.05, 0.1) is 0 Å². The molecule has 5 heteroatoms. The maximum atomic E-state index is 11.1. The molecule has 2 aromatic carbocycles. The van der Waals surface area contributed by atoms with E-state index in [0.29, 0.717) is 5.69 Å². The number of hydrogen-bond donors (Lipinski definition) is 3. The molecule has 0 aliphatic heterocycles. The molecule has 4 nitrogen and oxygen atoms in total. The van der Waals surface area contributed by atoms with Crippen molar-refractivity contribution in [3.63, 3.8) is 0 Å². The molecule has 0 aliphatic carbocycles. The Morgan fingerprint density at radius 1 is 1.00 bits per heavy atom. The van der Waals surface area contributed by atoms with Crippen LogP contribution in [0, 0.1) is 0 Å². The van der Waals surface area contributed by atoms with Gasteiger partial charge in [0.15, 0.2) is 0 Å². The Morgan fingerprint density at radius 2 is 1.60 bits per heavy atom. The summed E-state index contributed by atoms with van der Waals surface area (Å²) in [4.78, 5) is 0. The summed E-state index contributed by atoms with van der Waals surface area (Å²) < 4.78 is 29.3. The molecule has 0 fully saturated rings. The fraction of sp³-hybridized carbons (Fsp3) is 0. The van der Waals surface area contributed by atoms with E-state index < -0.39 is 14.2 Å². The minimum absolute atomic E-state index is 0.0883. The fourth-order valence-electron chi connectivity index (χ4n) is 1.43. The Labute approximate surface area is 89.3 Å². The van der Waals surface area contributed by atoms with E-state index >= 15 is 0 Å². The molecule has 0 saturated heterocycles. The second-order valence-corrected chi connectivity index (χ2v) is 6.70. The van der Waals surface area contributed by atoms with Crippen LogP contribution in [0.25, 0.3) is 10.8 Å². The van der Waals surface area contributed by atoms with Gasteiger partial charge in [-0.25, -0.2) is 0 Å². The van der Waals surface area contributed by atoms with Crippen molar-refractivity contribution in [2.75, 3.05) is 5.73 Å². The Bertz CT molecular complexity index is 562. The molecular weight excluding hydrogens is 257 g/mol. The van der Waals surface area contributed by atoms with Crippen molar-refractivity contribution >= 4 is 35.0 Å². The van der Waals surface area contributed by atoms with Crippen LogP contribution in [0.2, 0.25) is 0 Å². The van der Waals surface area contributed by atoms with Crippen LogP contribution in [0.5, 0.6) is 0 Å². The standard InChI is InChI=1S/C10H10AsNO3/c12-10-4-2-7-5-9(11(13,14)15)3-1-8(7)6-10/h1-6H,12H2,(H2,13,14,15). The van der Waals surface area contributed by atoms with Crippen LogP contribution in [0.15, 0.2) is 36.4 Å². The van der Waals surface area contributed by atoms with E-state index in [9.17, 15) is 3.74 Å². The molecule has 0 spiro atoms. The molecule has 0 saturated carbocycles. The van der Waals surface area contributed by atoms with Crippen molar-refractivity contribution in [2.24, 2.45) is 0 Å². The van der Waals surface area contributed by atoms with Gasteiger partial charge in [0, 0.05) is 0 Å². The normalized spacial score (nSPS) is 11.9. The summed E-state index contributed by atoms with van der Waals surface area (Å²) in [5.41, 5.74) is 6.23. The number of fused-ring (bicyclic) bond motifs is 1. The molecular formula is C10H10AsNO3. The topological polar surface area (TPSA) is 83.6 Å². The van der Waals surface area contributed by atoms with Crippen molar-refractivity contribution in [3.8, 4) is 0 Å². The second kappa shape index (κ2) is 3.42. The predicted octanol–water partition coefficient (Wildman–Crippen LogP) is -0.0170. The first-order valence-corrected chi connectivity index (χ1v) is 7.70. The van der Waals surface area contributed by atoms with Gasteiger partial charge in [-0.1, -0.05) is 0 Å². The van der Waals surface area contributed by atoms with E-state index in [-0.39, 0.29) is 4.35 Å². The zero-order chi connectivity index (χ0) is 11.1. The van der Waals surface area contributed by atoms with Crippen LogP contribution < -0.4 is 10.1 Å². The molecule has 0 unspecified atom stereocenters.